The molecule has 0 radical (unpaired) electrons. The number of nitrogens with zero attached hydrogens (tertiary/aromatic N) is 3. The molecule has 0 spiro atoms. The second-order valence-corrected chi connectivity index (χ2v) is 6.07. The number of rotatable bonds is 10. The van der Waals surface area contributed by atoms with Crippen molar-refractivity contribution in [3.8, 4) is 0 Å². The third kappa shape index (κ3) is 6.36. The van der Waals surface area contributed by atoms with Crippen LogP contribution in [0.25, 0.3) is 0 Å². The van der Waals surface area contributed by atoms with Crippen LogP contribution in [0.15, 0.2) is 64.0 Å². The lowest BCUT2D eigenvalue weighted by Crippen LogP contribution is -2.19. The van der Waals surface area contributed by atoms with E-state index in [1.54, 1.807) is 36.4 Å². The lowest BCUT2D eigenvalue weighted by molar-refractivity contribution is -0.132. The van der Waals surface area contributed by atoms with Crippen molar-refractivity contribution < 1.29 is 28.4 Å². The third-order valence-corrected chi connectivity index (χ3v) is 4.14. The highest BCUT2D eigenvalue weighted by Gasteiger charge is 2.19. The number of methoxy groups -OCH3 is 1. The van der Waals surface area contributed by atoms with Crippen molar-refractivity contribution in [2.75, 3.05) is 21.3 Å². The van der Waals surface area contributed by atoms with Gasteiger partial charge in [0.15, 0.2) is 5.71 Å². The largest absolute Gasteiger partial charge is 0.464 e. The van der Waals surface area contributed by atoms with Crippen LogP contribution in [0.2, 0.25) is 0 Å². The van der Waals surface area contributed by atoms with Crippen LogP contribution < -0.4 is 0 Å². The van der Waals surface area contributed by atoms with Gasteiger partial charge in [0.25, 0.3) is 0 Å². The minimum Gasteiger partial charge on any atom is -0.464 e. The molecule has 9 heteroatoms. The van der Waals surface area contributed by atoms with Crippen LogP contribution in [0.4, 0.5) is 4.39 Å². The maximum absolute atomic E-state index is 13.3. The molecule has 0 aliphatic carbocycles. The Morgan fingerprint density at radius 1 is 0.903 bits per heavy atom. The Bertz CT molecular complexity index is 971. The van der Waals surface area contributed by atoms with Gasteiger partial charge in [-0.05, 0) is 30.7 Å². The first kappa shape index (κ1) is 23.5. The van der Waals surface area contributed by atoms with E-state index in [-0.39, 0.29) is 18.1 Å². The van der Waals surface area contributed by atoms with Crippen LogP contribution in [-0.2, 0) is 30.7 Å². The summed E-state index contributed by atoms with van der Waals surface area (Å²) in [5.41, 5.74) is 2.72. The fourth-order valence-corrected chi connectivity index (χ4v) is 2.69. The Balaban J connectivity index is 2.29. The van der Waals surface area contributed by atoms with Crippen molar-refractivity contribution in [1.82, 2.24) is 0 Å². The first-order valence-corrected chi connectivity index (χ1v) is 9.39. The van der Waals surface area contributed by atoms with Crippen molar-refractivity contribution in [2.45, 2.75) is 20.0 Å². The number of hydrogen-bond acceptors (Lipinski definition) is 8. The Hall–Kier alpha value is -3.75. The first-order valence-electron chi connectivity index (χ1n) is 9.39. The Labute approximate surface area is 179 Å². The highest BCUT2D eigenvalue weighted by atomic mass is 19.1. The van der Waals surface area contributed by atoms with E-state index >= 15 is 0 Å². The molecule has 0 amide bonds. The molecule has 0 aliphatic rings. The third-order valence-electron chi connectivity index (χ3n) is 4.14. The van der Waals surface area contributed by atoms with Gasteiger partial charge in [-0.25, -0.2) is 9.18 Å². The molecule has 0 N–H and O–H groups in total. The van der Waals surface area contributed by atoms with E-state index in [1.807, 2.05) is 6.92 Å². The van der Waals surface area contributed by atoms with Gasteiger partial charge in [-0.1, -0.05) is 46.7 Å². The Morgan fingerprint density at radius 3 is 2.16 bits per heavy atom. The standard InChI is InChI=1S/C22H24FN3O5/c1-5-19(20(25-29-3)15-10-12-17(23)13-11-15)24-31-14-16-8-6-7-9-18(16)21(26-30-4)22(27)28-2/h6-13H,5,14H2,1-4H3/b24-19?,25-20-,26-21?. The fraction of sp³-hybridized carbons (Fsp3) is 0.273. The molecule has 2 rings (SSSR count). The molecule has 0 aromatic heterocycles. The normalized spacial score (nSPS) is 12.4. The van der Waals surface area contributed by atoms with Crippen molar-refractivity contribution in [1.29, 1.82) is 0 Å². The average molecular weight is 429 g/mol. The van der Waals surface area contributed by atoms with Crippen molar-refractivity contribution >= 4 is 23.1 Å². The second-order valence-electron chi connectivity index (χ2n) is 6.07. The molecule has 2 aromatic carbocycles. The molecule has 0 unspecified atom stereocenters. The highest BCUT2D eigenvalue weighted by Crippen LogP contribution is 2.14. The summed E-state index contributed by atoms with van der Waals surface area (Å²) in [6.07, 6.45) is 0.486. The van der Waals surface area contributed by atoms with Gasteiger partial charge in [0, 0.05) is 16.7 Å². The zero-order chi connectivity index (χ0) is 22.6. The van der Waals surface area contributed by atoms with Crippen LogP contribution in [-0.4, -0.2) is 44.4 Å². The second kappa shape index (κ2) is 12.1. The van der Waals surface area contributed by atoms with Crippen LogP contribution in [0.5, 0.6) is 0 Å². The maximum Gasteiger partial charge on any atom is 0.360 e. The van der Waals surface area contributed by atoms with Crippen LogP contribution >= 0.6 is 0 Å². The summed E-state index contributed by atoms with van der Waals surface area (Å²) in [5.74, 6) is -1.000. The summed E-state index contributed by atoms with van der Waals surface area (Å²) in [4.78, 5) is 27.3. The number of hydrogen-bond donors (Lipinski definition) is 0. The number of carbonyl (C=O) groups excluding carboxylic acids is 1. The predicted molar refractivity (Wildman–Crippen MR) is 114 cm³/mol. The quantitative estimate of drug-likeness (QED) is 0.326. The number of oxime groups is 3. The van der Waals surface area contributed by atoms with Crippen molar-refractivity contribution in [3.63, 3.8) is 0 Å². The molecule has 2 aromatic rings. The summed E-state index contributed by atoms with van der Waals surface area (Å²) in [5, 5.41) is 12.0. The lowest BCUT2D eigenvalue weighted by Gasteiger charge is -2.11. The summed E-state index contributed by atoms with van der Waals surface area (Å²) >= 11 is 0. The minimum absolute atomic E-state index is 0.0110. The van der Waals surface area contributed by atoms with Crippen LogP contribution in [0.3, 0.4) is 0 Å². The minimum atomic E-state index is -0.641. The molecule has 0 aliphatic heterocycles. The summed E-state index contributed by atoms with van der Waals surface area (Å²) in [6, 6.07) is 12.8. The SMILES string of the molecule is CCC(=NOCc1ccccc1C(=NOC)C(=O)OC)/C(=N\OC)c1ccc(F)cc1. The average Bonchev–Trinajstić information content (AvgIpc) is 2.80. The molecule has 0 fully saturated rings. The van der Waals surface area contributed by atoms with Gasteiger partial charge in [0.1, 0.15) is 38.1 Å². The number of halogens is 1. The lowest BCUT2D eigenvalue weighted by atomic mass is 10.0. The molecular formula is C22H24FN3O5. The number of ether oxygens (including phenoxy) is 1. The summed E-state index contributed by atoms with van der Waals surface area (Å²) in [7, 11) is 4.01. The molecule has 8 nitrogen and oxygen atoms in total. The maximum atomic E-state index is 13.3. The molecule has 0 saturated carbocycles. The van der Waals surface area contributed by atoms with E-state index < -0.39 is 5.97 Å². The zero-order valence-electron chi connectivity index (χ0n) is 17.8. The summed E-state index contributed by atoms with van der Waals surface area (Å²) < 4.78 is 18.0. The highest BCUT2D eigenvalue weighted by molar-refractivity contribution is 6.48. The fourth-order valence-electron chi connectivity index (χ4n) is 2.69. The van der Waals surface area contributed by atoms with E-state index in [0.29, 0.717) is 34.5 Å². The number of carbonyl (C=O) groups is 1. The molecular weight excluding hydrogens is 405 g/mol. The number of benzene rings is 2. The van der Waals surface area contributed by atoms with Crippen molar-refractivity contribution in [3.05, 3.63) is 71.0 Å². The van der Waals surface area contributed by atoms with Crippen LogP contribution in [0.1, 0.15) is 30.0 Å². The van der Waals surface area contributed by atoms with Gasteiger partial charge in [-0.2, -0.15) is 0 Å². The van der Waals surface area contributed by atoms with Gasteiger partial charge in [-0.15, -0.1) is 0 Å². The molecule has 164 valence electrons. The monoisotopic (exact) mass is 429 g/mol. The van der Waals surface area contributed by atoms with Gasteiger partial charge in [0.05, 0.1) is 7.11 Å². The molecule has 0 bridgehead atoms. The number of esters is 1. The molecule has 0 saturated heterocycles. The Kier molecular flexibility index (Phi) is 9.15. The van der Waals surface area contributed by atoms with E-state index in [0.717, 1.165) is 0 Å². The Morgan fingerprint density at radius 2 is 1.55 bits per heavy atom. The zero-order valence-corrected chi connectivity index (χ0v) is 17.8. The van der Waals surface area contributed by atoms with E-state index in [9.17, 15) is 9.18 Å². The topological polar surface area (TPSA) is 91.1 Å². The predicted octanol–water partition coefficient (Wildman–Crippen LogP) is 3.68. The van der Waals surface area contributed by atoms with Gasteiger partial charge < -0.3 is 19.2 Å². The van der Waals surface area contributed by atoms with Gasteiger partial charge in [-0.3, -0.25) is 0 Å². The smallest absolute Gasteiger partial charge is 0.360 e. The van der Waals surface area contributed by atoms with E-state index in [1.165, 1.54) is 33.5 Å². The summed E-state index contributed by atoms with van der Waals surface area (Å²) in [6.45, 7) is 1.93. The molecule has 0 heterocycles. The van der Waals surface area contributed by atoms with E-state index in [2.05, 4.69) is 15.5 Å². The van der Waals surface area contributed by atoms with Gasteiger partial charge in [0.2, 0.25) is 0 Å². The molecule has 31 heavy (non-hydrogen) atoms. The van der Waals surface area contributed by atoms with Gasteiger partial charge >= 0.3 is 5.97 Å². The van der Waals surface area contributed by atoms with Crippen molar-refractivity contribution in [2.24, 2.45) is 15.5 Å². The van der Waals surface area contributed by atoms with Crippen LogP contribution in [0, 0.1) is 5.82 Å². The molecule has 0 atom stereocenters. The van der Waals surface area contributed by atoms with E-state index in [4.69, 9.17) is 19.2 Å². The first-order chi connectivity index (χ1) is 15.0.